The number of hydrogen-bond donors (Lipinski definition) is 3. The number of hydrogen-bond acceptors (Lipinski definition) is 5. The molecule has 1 aliphatic rings. The fraction of sp³-hybridized carbons (Fsp3) is 0.263. The molecular weight excluding hydrogens is 389 g/mol. The molecule has 0 atom stereocenters. The summed E-state index contributed by atoms with van der Waals surface area (Å²) in [6.45, 7) is 1.71. The Hall–Kier alpha value is -3.27. The molecule has 29 heavy (non-hydrogen) atoms. The molecule has 0 unspecified atom stereocenters. The number of halogens is 3. The normalized spacial score (nSPS) is 14.4. The minimum atomic E-state index is -4.59. The zero-order valence-electron chi connectivity index (χ0n) is 15.3. The van der Waals surface area contributed by atoms with Gasteiger partial charge in [-0.1, -0.05) is 6.07 Å². The van der Waals surface area contributed by atoms with Gasteiger partial charge >= 0.3 is 18.0 Å². The second-order valence-electron chi connectivity index (χ2n) is 6.36. The summed E-state index contributed by atoms with van der Waals surface area (Å²) in [5.41, 5.74) is 5.65. The van der Waals surface area contributed by atoms with Gasteiger partial charge in [0.05, 0.1) is 30.2 Å². The quantitative estimate of drug-likeness (QED) is 0.536. The van der Waals surface area contributed by atoms with Gasteiger partial charge in [-0.2, -0.15) is 13.2 Å². The Balaban J connectivity index is 1.82. The van der Waals surface area contributed by atoms with Crippen molar-refractivity contribution in [1.29, 1.82) is 0 Å². The van der Waals surface area contributed by atoms with Crippen LogP contribution >= 0.6 is 0 Å². The minimum Gasteiger partial charge on any atom is -0.399 e. The van der Waals surface area contributed by atoms with E-state index in [-0.39, 0.29) is 5.69 Å². The van der Waals surface area contributed by atoms with Gasteiger partial charge in [0.2, 0.25) is 0 Å². The van der Waals surface area contributed by atoms with E-state index in [2.05, 4.69) is 10.6 Å². The molecule has 0 aliphatic carbocycles. The molecule has 4 N–H and O–H groups in total. The van der Waals surface area contributed by atoms with Crippen molar-refractivity contribution in [2.75, 3.05) is 47.6 Å². The Morgan fingerprint density at radius 2 is 1.69 bits per heavy atom. The van der Waals surface area contributed by atoms with Crippen LogP contribution in [0.4, 0.5) is 35.9 Å². The van der Waals surface area contributed by atoms with Crippen molar-refractivity contribution in [3.8, 4) is 0 Å². The molecule has 2 aromatic carbocycles. The highest BCUT2D eigenvalue weighted by Gasteiger charge is 2.32. The first-order valence-corrected chi connectivity index (χ1v) is 8.76. The molecule has 154 valence electrons. The lowest BCUT2D eigenvalue weighted by molar-refractivity contribution is -0.137. The average molecular weight is 408 g/mol. The van der Waals surface area contributed by atoms with Gasteiger partial charge < -0.3 is 26.0 Å². The molecule has 7 nitrogen and oxygen atoms in total. The summed E-state index contributed by atoms with van der Waals surface area (Å²) in [5, 5.41) is 4.65. The molecule has 0 radical (unpaired) electrons. The van der Waals surface area contributed by atoms with Gasteiger partial charge in [0.15, 0.2) is 0 Å². The lowest BCUT2D eigenvalue weighted by atomic mass is 10.1. The first-order valence-electron chi connectivity index (χ1n) is 8.76. The Labute approximate surface area is 164 Å². The maximum Gasteiger partial charge on any atom is 0.416 e. The fourth-order valence-electron chi connectivity index (χ4n) is 2.88. The molecule has 1 aliphatic heterocycles. The highest BCUT2D eigenvalue weighted by atomic mass is 19.4. The third-order valence-corrected chi connectivity index (χ3v) is 4.27. The standard InChI is InChI=1S/C19H19F3N4O3/c20-19(21,22)12-4-5-16(26-6-8-29-9-7-26)15(10-12)25-18(28)17(27)24-14-3-1-2-13(23)11-14/h1-5,10-11H,6-9,23H2,(H,24,27)(H,25,28). The van der Waals surface area contributed by atoms with E-state index < -0.39 is 23.6 Å². The third kappa shape index (κ3) is 5.17. The number of nitrogens with zero attached hydrogens (tertiary/aromatic N) is 1. The number of carbonyl (C=O) groups excluding carboxylic acids is 2. The van der Waals surface area contributed by atoms with E-state index in [9.17, 15) is 22.8 Å². The number of nitrogens with two attached hydrogens (primary N) is 1. The molecule has 1 heterocycles. The summed E-state index contributed by atoms with van der Waals surface area (Å²) in [6, 6.07) is 9.21. The molecule has 0 saturated carbocycles. The molecule has 2 aromatic rings. The smallest absolute Gasteiger partial charge is 0.399 e. The van der Waals surface area contributed by atoms with Crippen LogP contribution in [0.3, 0.4) is 0 Å². The highest BCUT2D eigenvalue weighted by Crippen LogP contribution is 2.35. The van der Waals surface area contributed by atoms with Crippen molar-refractivity contribution in [1.82, 2.24) is 0 Å². The second-order valence-corrected chi connectivity index (χ2v) is 6.36. The Morgan fingerprint density at radius 3 is 2.34 bits per heavy atom. The molecule has 1 saturated heterocycles. The van der Waals surface area contributed by atoms with Crippen LogP contribution in [0.1, 0.15) is 5.56 Å². The molecule has 10 heteroatoms. The van der Waals surface area contributed by atoms with Crippen LogP contribution in [0.25, 0.3) is 0 Å². The van der Waals surface area contributed by atoms with Crippen molar-refractivity contribution < 1.29 is 27.5 Å². The van der Waals surface area contributed by atoms with Gasteiger partial charge in [-0.25, -0.2) is 0 Å². The maximum atomic E-state index is 13.1. The van der Waals surface area contributed by atoms with Gasteiger partial charge in [0.1, 0.15) is 0 Å². The number of morpholine rings is 1. The van der Waals surface area contributed by atoms with E-state index in [4.69, 9.17) is 10.5 Å². The van der Waals surface area contributed by atoms with E-state index in [1.165, 1.54) is 18.2 Å². The molecule has 0 bridgehead atoms. The molecule has 1 fully saturated rings. The Bertz CT molecular complexity index is 912. The maximum absolute atomic E-state index is 13.1. The van der Waals surface area contributed by atoms with Crippen molar-refractivity contribution in [3.63, 3.8) is 0 Å². The molecule has 3 rings (SSSR count). The van der Waals surface area contributed by atoms with Crippen LogP contribution in [-0.2, 0) is 20.5 Å². The van der Waals surface area contributed by atoms with E-state index >= 15 is 0 Å². The number of nitrogens with one attached hydrogen (secondary N) is 2. The number of nitrogen functional groups attached to an aromatic ring is 1. The molecule has 2 amide bonds. The summed E-state index contributed by atoms with van der Waals surface area (Å²) >= 11 is 0. The highest BCUT2D eigenvalue weighted by molar-refractivity contribution is 6.44. The predicted molar refractivity (Wildman–Crippen MR) is 103 cm³/mol. The lowest BCUT2D eigenvalue weighted by Crippen LogP contribution is -2.37. The van der Waals surface area contributed by atoms with Crippen molar-refractivity contribution in [3.05, 3.63) is 48.0 Å². The van der Waals surface area contributed by atoms with Gasteiger partial charge in [0, 0.05) is 24.5 Å². The van der Waals surface area contributed by atoms with Crippen molar-refractivity contribution in [2.45, 2.75) is 6.18 Å². The molecule has 0 aromatic heterocycles. The van der Waals surface area contributed by atoms with Gasteiger partial charge in [-0.15, -0.1) is 0 Å². The van der Waals surface area contributed by atoms with Crippen LogP contribution in [0.2, 0.25) is 0 Å². The van der Waals surface area contributed by atoms with Crippen LogP contribution in [0.5, 0.6) is 0 Å². The topological polar surface area (TPSA) is 96.7 Å². The number of alkyl halides is 3. The number of anilines is 4. The predicted octanol–water partition coefficient (Wildman–Crippen LogP) is 2.70. The third-order valence-electron chi connectivity index (χ3n) is 4.27. The average Bonchev–Trinajstić information content (AvgIpc) is 2.68. The van der Waals surface area contributed by atoms with E-state index in [1.54, 1.807) is 17.0 Å². The number of carbonyl (C=O) groups is 2. The summed E-state index contributed by atoms with van der Waals surface area (Å²) in [4.78, 5) is 26.3. The van der Waals surface area contributed by atoms with Crippen LogP contribution < -0.4 is 21.3 Å². The van der Waals surface area contributed by atoms with Crippen LogP contribution in [0, 0.1) is 0 Å². The van der Waals surface area contributed by atoms with Crippen molar-refractivity contribution >= 4 is 34.6 Å². The Morgan fingerprint density at radius 1 is 1.00 bits per heavy atom. The number of benzene rings is 2. The summed E-state index contributed by atoms with van der Waals surface area (Å²) in [5.74, 6) is -2.12. The SMILES string of the molecule is Nc1cccc(NC(=O)C(=O)Nc2cc(C(F)(F)F)ccc2N2CCOCC2)c1. The molecule has 0 spiro atoms. The summed E-state index contributed by atoms with van der Waals surface area (Å²) in [7, 11) is 0. The number of rotatable bonds is 3. The van der Waals surface area contributed by atoms with Gasteiger partial charge in [0.25, 0.3) is 0 Å². The summed E-state index contributed by atoms with van der Waals surface area (Å²) in [6.07, 6.45) is -4.59. The monoisotopic (exact) mass is 408 g/mol. The number of ether oxygens (including phenoxy) is 1. The van der Waals surface area contributed by atoms with E-state index in [0.717, 1.165) is 12.1 Å². The summed E-state index contributed by atoms with van der Waals surface area (Å²) < 4.78 is 44.6. The first-order chi connectivity index (χ1) is 13.7. The zero-order valence-corrected chi connectivity index (χ0v) is 15.3. The Kier molecular flexibility index (Phi) is 5.92. The van der Waals surface area contributed by atoms with Crippen molar-refractivity contribution in [2.24, 2.45) is 0 Å². The van der Waals surface area contributed by atoms with E-state index in [1.807, 2.05) is 0 Å². The number of amides is 2. The lowest BCUT2D eigenvalue weighted by Gasteiger charge is -2.31. The minimum absolute atomic E-state index is 0.102. The molecular formula is C19H19F3N4O3. The van der Waals surface area contributed by atoms with Gasteiger partial charge in [-0.05, 0) is 36.4 Å². The largest absolute Gasteiger partial charge is 0.416 e. The zero-order chi connectivity index (χ0) is 21.0. The fourth-order valence-corrected chi connectivity index (χ4v) is 2.88. The first kappa shape index (κ1) is 20.5. The van der Waals surface area contributed by atoms with Gasteiger partial charge in [-0.3, -0.25) is 9.59 Å². The second kappa shape index (κ2) is 8.39. The van der Waals surface area contributed by atoms with Crippen LogP contribution in [-0.4, -0.2) is 38.1 Å². The van der Waals surface area contributed by atoms with E-state index in [0.29, 0.717) is 43.4 Å². The van der Waals surface area contributed by atoms with Crippen LogP contribution in [0.15, 0.2) is 42.5 Å².